The molecule has 1 aliphatic heterocycles. The van der Waals surface area contributed by atoms with Crippen molar-refractivity contribution in [2.24, 2.45) is 0 Å². The highest BCUT2D eigenvalue weighted by Gasteiger charge is 2.36. The normalized spacial score (nSPS) is 31.6. The van der Waals surface area contributed by atoms with Crippen molar-refractivity contribution in [3.8, 4) is 0 Å². The molecule has 0 bridgehead atoms. The van der Waals surface area contributed by atoms with Gasteiger partial charge in [0.25, 0.3) is 0 Å². The van der Waals surface area contributed by atoms with Crippen LogP contribution in [0.2, 0.25) is 0 Å². The van der Waals surface area contributed by atoms with Crippen molar-refractivity contribution in [2.75, 3.05) is 20.1 Å². The minimum Gasteiger partial charge on any atom is -0.389 e. The fourth-order valence-electron chi connectivity index (χ4n) is 3.54. The first-order chi connectivity index (χ1) is 8.14. The zero-order valence-electron chi connectivity index (χ0n) is 11.4. The average molecular weight is 240 g/mol. The summed E-state index contributed by atoms with van der Waals surface area (Å²) in [4.78, 5) is 2.54. The molecule has 0 radical (unpaired) electrons. The zero-order chi connectivity index (χ0) is 12.3. The Morgan fingerprint density at radius 1 is 1.29 bits per heavy atom. The third-order valence-corrected chi connectivity index (χ3v) is 4.73. The highest BCUT2D eigenvalue weighted by Crippen LogP contribution is 2.32. The lowest BCUT2D eigenvalue weighted by atomic mass is 9.93. The van der Waals surface area contributed by atoms with Crippen molar-refractivity contribution in [1.82, 2.24) is 10.2 Å². The number of nitrogens with zero attached hydrogens (tertiary/aromatic N) is 1. The summed E-state index contributed by atoms with van der Waals surface area (Å²) in [5, 5.41) is 13.9. The molecule has 1 saturated carbocycles. The van der Waals surface area contributed by atoms with Crippen LogP contribution in [0.4, 0.5) is 0 Å². The van der Waals surface area contributed by atoms with E-state index in [2.05, 4.69) is 17.1 Å². The molecule has 100 valence electrons. The largest absolute Gasteiger partial charge is 0.389 e. The predicted molar refractivity (Wildman–Crippen MR) is 71.2 cm³/mol. The molecule has 17 heavy (non-hydrogen) atoms. The summed E-state index contributed by atoms with van der Waals surface area (Å²) in [5.41, 5.74) is -0.386. The van der Waals surface area contributed by atoms with E-state index in [4.69, 9.17) is 0 Å². The van der Waals surface area contributed by atoms with Crippen molar-refractivity contribution < 1.29 is 5.11 Å². The quantitative estimate of drug-likeness (QED) is 0.786. The van der Waals surface area contributed by atoms with Crippen LogP contribution in [0.3, 0.4) is 0 Å². The van der Waals surface area contributed by atoms with Gasteiger partial charge in [0.2, 0.25) is 0 Å². The van der Waals surface area contributed by atoms with Gasteiger partial charge in [-0.3, -0.25) is 4.90 Å². The van der Waals surface area contributed by atoms with Crippen LogP contribution in [0.5, 0.6) is 0 Å². The lowest BCUT2D eigenvalue weighted by Gasteiger charge is -2.42. The topological polar surface area (TPSA) is 35.5 Å². The molecular weight excluding hydrogens is 212 g/mol. The molecule has 0 aromatic rings. The molecule has 3 heteroatoms. The molecule has 2 aliphatic rings. The third-order valence-electron chi connectivity index (χ3n) is 4.73. The van der Waals surface area contributed by atoms with Gasteiger partial charge in [-0.05, 0) is 46.2 Å². The van der Waals surface area contributed by atoms with E-state index in [-0.39, 0.29) is 5.60 Å². The van der Waals surface area contributed by atoms with Crippen LogP contribution in [0, 0.1) is 0 Å². The van der Waals surface area contributed by atoms with Gasteiger partial charge >= 0.3 is 0 Å². The summed E-state index contributed by atoms with van der Waals surface area (Å²) < 4.78 is 0. The molecule has 2 N–H and O–H groups in total. The van der Waals surface area contributed by atoms with Gasteiger partial charge in [-0.2, -0.15) is 0 Å². The minimum atomic E-state index is -0.386. The van der Waals surface area contributed by atoms with E-state index in [1.165, 1.54) is 38.6 Å². The summed E-state index contributed by atoms with van der Waals surface area (Å²) in [7, 11) is 2.04. The van der Waals surface area contributed by atoms with Crippen molar-refractivity contribution in [3.63, 3.8) is 0 Å². The van der Waals surface area contributed by atoms with Gasteiger partial charge in [-0.1, -0.05) is 19.3 Å². The summed E-state index contributed by atoms with van der Waals surface area (Å²) in [5.74, 6) is 0. The molecular formula is C14H28N2O. The molecule has 1 saturated heterocycles. The molecule has 2 unspecified atom stereocenters. The van der Waals surface area contributed by atoms with E-state index in [9.17, 15) is 5.11 Å². The molecule has 0 aromatic carbocycles. The minimum absolute atomic E-state index is 0.386. The van der Waals surface area contributed by atoms with E-state index in [1.807, 2.05) is 7.05 Å². The van der Waals surface area contributed by atoms with Gasteiger partial charge < -0.3 is 10.4 Å². The van der Waals surface area contributed by atoms with Crippen LogP contribution in [0.1, 0.15) is 51.9 Å². The fraction of sp³-hybridized carbons (Fsp3) is 1.00. The molecule has 0 spiro atoms. The second kappa shape index (κ2) is 5.68. The van der Waals surface area contributed by atoms with Crippen LogP contribution < -0.4 is 5.32 Å². The molecule has 2 rings (SSSR count). The van der Waals surface area contributed by atoms with Crippen LogP contribution in [-0.2, 0) is 0 Å². The lowest BCUT2D eigenvalue weighted by molar-refractivity contribution is -0.0170. The maximum absolute atomic E-state index is 10.6. The molecule has 1 aliphatic carbocycles. The first-order valence-electron chi connectivity index (χ1n) is 7.28. The standard InChI is InChI=1S/C14H28N2O/c1-12(15-2)13-7-3-6-10-16(13)11-14(17)8-4-5-9-14/h12-13,15,17H,3-11H2,1-2H3. The Kier molecular flexibility index (Phi) is 4.45. The number of piperidine rings is 1. The summed E-state index contributed by atoms with van der Waals surface area (Å²) in [6.45, 7) is 4.32. The average Bonchev–Trinajstić information content (AvgIpc) is 2.75. The number of likely N-dealkylation sites (tertiary alicyclic amines) is 1. The number of nitrogens with one attached hydrogen (secondary N) is 1. The van der Waals surface area contributed by atoms with Gasteiger partial charge in [-0.15, -0.1) is 0 Å². The van der Waals surface area contributed by atoms with Gasteiger partial charge in [-0.25, -0.2) is 0 Å². The van der Waals surface area contributed by atoms with Crippen LogP contribution in [-0.4, -0.2) is 47.8 Å². The zero-order valence-corrected chi connectivity index (χ0v) is 11.4. The van der Waals surface area contributed by atoms with Crippen molar-refractivity contribution in [1.29, 1.82) is 0 Å². The van der Waals surface area contributed by atoms with Crippen LogP contribution in [0.15, 0.2) is 0 Å². The summed E-state index contributed by atoms with van der Waals surface area (Å²) in [6.07, 6.45) is 8.33. The Balaban J connectivity index is 1.96. The Morgan fingerprint density at radius 3 is 2.65 bits per heavy atom. The SMILES string of the molecule is CNC(C)C1CCCCN1CC1(O)CCCC1. The molecule has 3 nitrogen and oxygen atoms in total. The number of rotatable bonds is 4. The van der Waals surface area contributed by atoms with Gasteiger partial charge in [0.05, 0.1) is 5.60 Å². The Bertz CT molecular complexity index is 238. The number of hydrogen-bond acceptors (Lipinski definition) is 3. The fourth-order valence-corrected chi connectivity index (χ4v) is 3.54. The monoisotopic (exact) mass is 240 g/mol. The predicted octanol–water partition coefficient (Wildman–Crippen LogP) is 1.75. The number of likely N-dealkylation sites (N-methyl/N-ethyl adjacent to an activating group) is 1. The molecule has 2 fully saturated rings. The highest BCUT2D eigenvalue weighted by molar-refractivity contribution is 4.92. The van der Waals surface area contributed by atoms with E-state index in [0.717, 1.165) is 19.4 Å². The number of aliphatic hydroxyl groups is 1. The Labute approximate surface area is 106 Å². The summed E-state index contributed by atoms with van der Waals surface area (Å²) >= 11 is 0. The third kappa shape index (κ3) is 3.21. The van der Waals surface area contributed by atoms with Crippen molar-refractivity contribution >= 4 is 0 Å². The van der Waals surface area contributed by atoms with E-state index < -0.39 is 0 Å². The van der Waals surface area contributed by atoms with Gasteiger partial charge in [0.1, 0.15) is 0 Å². The lowest BCUT2D eigenvalue weighted by Crippen LogP contribution is -2.54. The first-order valence-corrected chi connectivity index (χ1v) is 7.28. The molecule has 1 heterocycles. The number of hydrogen-bond donors (Lipinski definition) is 2. The molecule has 0 amide bonds. The van der Waals surface area contributed by atoms with Gasteiger partial charge in [0, 0.05) is 18.6 Å². The second-order valence-corrected chi connectivity index (χ2v) is 6.04. The van der Waals surface area contributed by atoms with E-state index >= 15 is 0 Å². The maximum atomic E-state index is 10.6. The smallest absolute Gasteiger partial charge is 0.0774 e. The van der Waals surface area contributed by atoms with E-state index in [1.54, 1.807) is 0 Å². The Hall–Kier alpha value is -0.120. The number of β-amino-alcohol motifs (C(OH)–C–C–N with tert-alkyl or cyclic N) is 1. The summed E-state index contributed by atoms with van der Waals surface area (Å²) in [6, 6.07) is 1.14. The van der Waals surface area contributed by atoms with Crippen LogP contribution in [0.25, 0.3) is 0 Å². The van der Waals surface area contributed by atoms with Crippen molar-refractivity contribution in [2.45, 2.75) is 69.6 Å². The second-order valence-electron chi connectivity index (χ2n) is 6.04. The maximum Gasteiger partial charge on any atom is 0.0774 e. The molecule has 0 aromatic heterocycles. The Morgan fingerprint density at radius 2 is 2.00 bits per heavy atom. The van der Waals surface area contributed by atoms with Crippen molar-refractivity contribution in [3.05, 3.63) is 0 Å². The first kappa shape index (κ1) is 13.3. The highest BCUT2D eigenvalue weighted by atomic mass is 16.3. The van der Waals surface area contributed by atoms with E-state index in [0.29, 0.717) is 12.1 Å². The van der Waals surface area contributed by atoms with Gasteiger partial charge in [0.15, 0.2) is 0 Å². The molecule has 2 atom stereocenters. The van der Waals surface area contributed by atoms with Crippen LogP contribution >= 0.6 is 0 Å².